The number of hydrogen-bond donors (Lipinski definition) is 2. The summed E-state index contributed by atoms with van der Waals surface area (Å²) in [7, 11) is 1.82. The number of nitrogens with one attached hydrogen (secondary N) is 2. The number of thioether (sulfide) groups is 1. The molecular formula is C18H29N3OS. The van der Waals surface area contributed by atoms with Gasteiger partial charge in [-0.3, -0.25) is 4.99 Å². The van der Waals surface area contributed by atoms with E-state index in [2.05, 4.69) is 58.6 Å². The first-order valence-electron chi connectivity index (χ1n) is 8.40. The number of benzene rings is 1. The van der Waals surface area contributed by atoms with E-state index in [1.807, 2.05) is 14.0 Å². The van der Waals surface area contributed by atoms with E-state index in [1.165, 1.54) is 29.7 Å². The molecule has 1 aromatic rings. The molecule has 0 radical (unpaired) electrons. The second-order valence-electron chi connectivity index (χ2n) is 6.09. The zero-order valence-electron chi connectivity index (χ0n) is 14.5. The topological polar surface area (TPSA) is 45.6 Å². The average molecular weight is 336 g/mol. The van der Waals surface area contributed by atoms with Gasteiger partial charge in [-0.2, -0.15) is 11.8 Å². The van der Waals surface area contributed by atoms with Gasteiger partial charge in [0.1, 0.15) is 0 Å². The molecule has 0 aromatic heterocycles. The maximum Gasteiger partial charge on any atom is 0.191 e. The fourth-order valence-electron chi connectivity index (χ4n) is 2.73. The van der Waals surface area contributed by atoms with Crippen molar-refractivity contribution in [3.63, 3.8) is 0 Å². The van der Waals surface area contributed by atoms with E-state index in [-0.39, 0.29) is 0 Å². The molecule has 1 heterocycles. The monoisotopic (exact) mass is 335 g/mol. The molecule has 1 aliphatic rings. The molecule has 128 valence electrons. The lowest BCUT2D eigenvalue weighted by Crippen LogP contribution is -2.43. The van der Waals surface area contributed by atoms with Crippen molar-refractivity contribution in [2.45, 2.75) is 44.6 Å². The van der Waals surface area contributed by atoms with Crippen LogP contribution in [0.2, 0.25) is 0 Å². The van der Waals surface area contributed by atoms with Gasteiger partial charge in [-0.1, -0.05) is 24.3 Å². The van der Waals surface area contributed by atoms with Gasteiger partial charge < -0.3 is 15.4 Å². The molecule has 23 heavy (non-hydrogen) atoms. The number of nitrogens with zero attached hydrogens (tertiary/aromatic N) is 1. The molecule has 1 unspecified atom stereocenters. The Hall–Kier alpha value is -1.20. The summed E-state index contributed by atoms with van der Waals surface area (Å²) in [6.45, 7) is 7.47. The first-order valence-corrected chi connectivity index (χ1v) is 9.38. The zero-order chi connectivity index (χ0) is 16.5. The van der Waals surface area contributed by atoms with Crippen LogP contribution in [-0.2, 0) is 17.9 Å². The van der Waals surface area contributed by atoms with Gasteiger partial charge in [-0.05, 0) is 43.6 Å². The summed E-state index contributed by atoms with van der Waals surface area (Å²) in [6.07, 6.45) is 2.60. The number of aliphatic imine (C=N–C) groups is 1. The van der Waals surface area contributed by atoms with E-state index in [1.54, 1.807) is 0 Å². The minimum absolute atomic E-state index is 0.338. The second kappa shape index (κ2) is 9.18. The highest BCUT2D eigenvalue weighted by molar-refractivity contribution is 8.00. The Kier molecular flexibility index (Phi) is 7.24. The van der Waals surface area contributed by atoms with Crippen molar-refractivity contribution in [2.75, 3.05) is 26.0 Å². The smallest absolute Gasteiger partial charge is 0.191 e. The number of rotatable bonds is 7. The van der Waals surface area contributed by atoms with Crippen LogP contribution >= 0.6 is 11.8 Å². The molecule has 4 nitrogen and oxygen atoms in total. The molecule has 1 saturated heterocycles. The maximum absolute atomic E-state index is 5.55. The van der Waals surface area contributed by atoms with E-state index in [9.17, 15) is 0 Å². The van der Waals surface area contributed by atoms with Crippen LogP contribution in [0.1, 0.15) is 37.8 Å². The third kappa shape index (κ3) is 5.74. The van der Waals surface area contributed by atoms with Crippen molar-refractivity contribution < 1.29 is 4.74 Å². The predicted molar refractivity (Wildman–Crippen MR) is 100 cm³/mol. The molecule has 0 spiro atoms. The molecule has 1 fully saturated rings. The Morgan fingerprint density at radius 1 is 1.30 bits per heavy atom. The Morgan fingerprint density at radius 2 is 2.09 bits per heavy atom. The SMILES string of the molecule is CCOCc1ccccc1CNC(=NC)NCC1(C)CCCS1. The van der Waals surface area contributed by atoms with Crippen LogP contribution in [0.15, 0.2) is 29.3 Å². The van der Waals surface area contributed by atoms with Gasteiger partial charge in [0, 0.05) is 31.5 Å². The predicted octanol–water partition coefficient (Wildman–Crippen LogP) is 3.17. The highest BCUT2D eigenvalue weighted by Gasteiger charge is 2.29. The second-order valence-corrected chi connectivity index (χ2v) is 7.77. The van der Waals surface area contributed by atoms with Gasteiger partial charge in [-0.15, -0.1) is 0 Å². The van der Waals surface area contributed by atoms with Crippen LogP contribution in [0.5, 0.6) is 0 Å². The molecule has 2 rings (SSSR count). The molecule has 2 N–H and O–H groups in total. The van der Waals surface area contributed by atoms with E-state index in [4.69, 9.17) is 4.74 Å². The maximum atomic E-state index is 5.55. The van der Waals surface area contributed by atoms with Crippen molar-refractivity contribution in [3.8, 4) is 0 Å². The number of guanidine groups is 1. The van der Waals surface area contributed by atoms with Crippen LogP contribution in [-0.4, -0.2) is 36.7 Å². The van der Waals surface area contributed by atoms with Gasteiger partial charge in [0.05, 0.1) is 6.61 Å². The lowest BCUT2D eigenvalue weighted by atomic mass is 10.1. The van der Waals surface area contributed by atoms with Crippen LogP contribution in [0.4, 0.5) is 0 Å². The zero-order valence-corrected chi connectivity index (χ0v) is 15.3. The Bertz CT molecular complexity index is 513. The Morgan fingerprint density at radius 3 is 2.74 bits per heavy atom. The van der Waals surface area contributed by atoms with Gasteiger partial charge in [-0.25, -0.2) is 0 Å². The van der Waals surface area contributed by atoms with Gasteiger partial charge >= 0.3 is 0 Å². The Labute approximate surface area is 144 Å². The Balaban J connectivity index is 1.85. The third-order valence-corrected chi connectivity index (χ3v) is 5.72. The summed E-state index contributed by atoms with van der Waals surface area (Å²) < 4.78 is 5.88. The molecule has 0 aliphatic carbocycles. The molecular weight excluding hydrogens is 306 g/mol. The molecule has 0 bridgehead atoms. The third-order valence-electron chi connectivity index (χ3n) is 4.18. The van der Waals surface area contributed by atoms with Gasteiger partial charge in [0.2, 0.25) is 0 Å². The number of ether oxygens (including phenoxy) is 1. The van der Waals surface area contributed by atoms with Crippen molar-refractivity contribution in [2.24, 2.45) is 4.99 Å². The van der Waals surface area contributed by atoms with Crippen LogP contribution in [0.25, 0.3) is 0 Å². The van der Waals surface area contributed by atoms with Crippen LogP contribution in [0.3, 0.4) is 0 Å². The largest absolute Gasteiger partial charge is 0.377 e. The summed E-state index contributed by atoms with van der Waals surface area (Å²) in [5, 5.41) is 6.89. The van der Waals surface area contributed by atoms with Crippen molar-refractivity contribution in [1.82, 2.24) is 10.6 Å². The van der Waals surface area contributed by atoms with Crippen molar-refractivity contribution in [1.29, 1.82) is 0 Å². The molecule has 1 atom stereocenters. The summed E-state index contributed by atoms with van der Waals surface area (Å²) in [4.78, 5) is 4.34. The summed E-state index contributed by atoms with van der Waals surface area (Å²) in [6, 6.07) is 8.39. The summed E-state index contributed by atoms with van der Waals surface area (Å²) >= 11 is 2.06. The molecule has 5 heteroatoms. The highest BCUT2D eigenvalue weighted by atomic mass is 32.2. The van der Waals surface area contributed by atoms with Crippen LogP contribution < -0.4 is 10.6 Å². The quantitative estimate of drug-likeness (QED) is 0.593. The molecule has 1 aromatic carbocycles. The fourth-order valence-corrected chi connectivity index (χ4v) is 3.97. The summed E-state index contributed by atoms with van der Waals surface area (Å²) in [5.41, 5.74) is 2.49. The first-order chi connectivity index (χ1) is 11.2. The van der Waals surface area contributed by atoms with E-state index >= 15 is 0 Å². The van der Waals surface area contributed by atoms with Crippen molar-refractivity contribution in [3.05, 3.63) is 35.4 Å². The minimum Gasteiger partial charge on any atom is -0.377 e. The minimum atomic E-state index is 0.338. The lowest BCUT2D eigenvalue weighted by molar-refractivity contribution is 0.133. The fraction of sp³-hybridized carbons (Fsp3) is 0.611. The summed E-state index contributed by atoms with van der Waals surface area (Å²) in [5.74, 6) is 2.14. The van der Waals surface area contributed by atoms with Crippen molar-refractivity contribution >= 4 is 17.7 Å². The molecule has 1 aliphatic heterocycles. The number of hydrogen-bond acceptors (Lipinski definition) is 3. The van der Waals surface area contributed by atoms with Gasteiger partial charge in [0.25, 0.3) is 0 Å². The average Bonchev–Trinajstić information content (AvgIpc) is 3.01. The lowest BCUT2D eigenvalue weighted by Gasteiger charge is -2.24. The first kappa shape index (κ1) is 18.1. The van der Waals surface area contributed by atoms with Crippen LogP contribution in [0, 0.1) is 0 Å². The normalized spacial score (nSPS) is 21.4. The van der Waals surface area contributed by atoms with E-state index in [0.717, 1.165) is 25.7 Å². The standard InChI is InChI=1S/C18H29N3OS/c1-4-22-13-16-9-6-5-8-15(16)12-20-17(19-3)21-14-18(2)10-7-11-23-18/h5-6,8-9H,4,7,10-14H2,1-3H3,(H2,19,20,21). The van der Waals surface area contributed by atoms with E-state index in [0.29, 0.717) is 11.4 Å². The highest BCUT2D eigenvalue weighted by Crippen LogP contribution is 2.36. The van der Waals surface area contributed by atoms with Gasteiger partial charge in [0.15, 0.2) is 5.96 Å². The molecule has 0 saturated carbocycles. The van der Waals surface area contributed by atoms with E-state index < -0.39 is 0 Å². The molecule has 0 amide bonds.